The molecule has 1 atom stereocenters. The summed E-state index contributed by atoms with van der Waals surface area (Å²) in [5, 5.41) is 0. The van der Waals surface area contributed by atoms with Crippen LogP contribution in [0, 0.1) is 0 Å². The number of carbonyl (C=O) groups excluding carboxylic acids is 1. The van der Waals surface area contributed by atoms with Crippen LogP contribution in [0.15, 0.2) is 36.4 Å². The molecule has 94 valence electrons. The number of esters is 1. The molecule has 0 bridgehead atoms. The Morgan fingerprint density at radius 2 is 2.12 bits per heavy atom. The van der Waals surface area contributed by atoms with Gasteiger partial charge in [0.1, 0.15) is 5.75 Å². The van der Waals surface area contributed by atoms with Gasteiger partial charge in [-0.25, -0.2) is 0 Å². The molecule has 1 rings (SSSR count). The molecule has 0 saturated heterocycles. The minimum Gasteiger partial charge on any atom is -0.427 e. The van der Waals surface area contributed by atoms with Crippen LogP contribution in [-0.2, 0) is 4.79 Å². The summed E-state index contributed by atoms with van der Waals surface area (Å²) in [7, 11) is 0. The monoisotopic (exact) mass is 255 g/mol. The van der Waals surface area contributed by atoms with Crippen molar-refractivity contribution in [3.05, 3.63) is 42.0 Å². The van der Waals surface area contributed by atoms with Crippen LogP contribution in [0.25, 0.3) is 0 Å². The highest BCUT2D eigenvalue weighted by atomic mass is 35.5. The highest BCUT2D eigenvalue weighted by molar-refractivity contribution is 5.85. The molecule has 0 fully saturated rings. The van der Waals surface area contributed by atoms with Crippen molar-refractivity contribution in [1.29, 1.82) is 0 Å². The molecule has 0 aliphatic heterocycles. The summed E-state index contributed by atoms with van der Waals surface area (Å²) in [6.45, 7) is 7.14. The molecule has 3 nitrogen and oxygen atoms in total. The van der Waals surface area contributed by atoms with E-state index in [1.807, 2.05) is 19.1 Å². The smallest absolute Gasteiger partial charge is 0.308 e. The molecule has 0 spiro atoms. The maximum Gasteiger partial charge on any atom is 0.308 e. The maximum absolute atomic E-state index is 10.8. The van der Waals surface area contributed by atoms with E-state index in [4.69, 9.17) is 10.5 Å². The molecule has 17 heavy (non-hydrogen) atoms. The maximum atomic E-state index is 10.8. The summed E-state index contributed by atoms with van der Waals surface area (Å²) in [5.74, 6) is 0.202. The summed E-state index contributed by atoms with van der Waals surface area (Å²) in [6.07, 6.45) is 0.726. The Morgan fingerprint density at radius 1 is 1.47 bits per heavy atom. The lowest BCUT2D eigenvalue weighted by atomic mass is 10.0. The van der Waals surface area contributed by atoms with Crippen LogP contribution in [0.3, 0.4) is 0 Å². The standard InChI is InChI=1S/C13H17NO2.ClH/c1-9(2)7-13(14)11-5-4-6-12(8-11)16-10(3)15;/h4-6,8,13H,1,7,14H2,2-3H3;1H/t13-;/m0./s1. The minimum atomic E-state index is -0.328. The van der Waals surface area contributed by atoms with Crippen molar-refractivity contribution >= 4 is 18.4 Å². The Labute approximate surface area is 108 Å². The number of hydrogen-bond acceptors (Lipinski definition) is 3. The van der Waals surface area contributed by atoms with Gasteiger partial charge in [0.2, 0.25) is 0 Å². The van der Waals surface area contributed by atoms with E-state index in [-0.39, 0.29) is 24.4 Å². The number of ether oxygens (including phenoxy) is 1. The van der Waals surface area contributed by atoms with E-state index in [0.29, 0.717) is 5.75 Å². The number of nitrogens with two attached hydrogens (primary N) is 1. The van der Waals surface area contributed by atoms with E-state index in [0.717, 1.165) is 17.6 Å². The zero-order chi connectivity index (χ0) is 12.1. The summed E-state index contributed by atoms with van der Waals surface area (Å²) in [6, 6.07) is 7.16. The van der Waals surface area contributed by atoms with Crippen LogP contribution in [0.5, 0.6) is 5.75 Å². The fourth-order valence-electron chi connectivity index (χ4n) is 1.47. The first kappa shape index (κ1) is 15.7. The van der Waals surface area contributed by atoms with E-state index in [9.17, 15) is 4.79 Å². The Bertz CT molecular complexity index is 404. The van der Waals surface area contributed by atoms with Crippen molar-refractivity contribution in [2.75, 3.05) is 0 Å². The summed E-state index contributed by atoms with van der Waals surface area (Å²) in [5.41, 5.74) is 7.97. The van der Waals surface area contributed by atoms with Crippen LogP contribution in [-0.4, -0.2) is 5.97 Å². The van der Waals surface area contributed by atoms with Gasteiger partial charge in [0.15, 0.2) is 0 Å². The van der Waals surface area contributed by atoms with Crippen molar-refractivity contribution < 1.29 is 9.53 Å². The Hall–Kier alpha value is -1.32. The van der Waals surface area contributed by atoms with Gasteiger partial charge in [-0.2, -0.15) is 0 Å². The molecule has 0 saturated carbocycles. The van der Waals surface area contributed by atoms with Crippen LogP contribution >= 0.6 is 12.4 Å². The topological polar surface area (TPSA) is 52.3 Å². The van der Waals surface area contributed by atoms with Gasteiger partial charge < -0.3 is 10.5 Å². The normalized spacial score (nSPS) is 11.2. The van der Waals surface area contributed by atoms with Crippen molar-refractivity contribution in [3.63, 3.8) is 0 Å². The third-order valence-corrected chi connectivity index (χ3v) is 2.12. The summed E-state index contributed by atoms with van der Waals surface area (Å²) >= 11 is 0. The summed E-state index contributed by atoms with van der Waals surface area (Å²) < 4.78 is 4.99. The zero-order valence-electron chi connectivity index (χ0n) is 10.1. The fourth-order valence-corrected chi connectivity index (χ4v) is 1.47. The van der Waals surface area contributed by atoms with E-state index >= 15 is 0 Å². The first-order valence-electron chi connectivity index (χ1n) is 5.17. The van der Waals surface area contributed by atoms with Crippen LogP contribution in [0.4, 0.5) is 0 Å². The lowest BCUT2D eigenvalue weighted by Crippen LogP contribution is -2.11. The molecule has 0 aliphatic carbocycles. The molecular formula is C13H18ClNO2. The molecule has 0 unspecified atom stereocenters. The van der Waals surface area contributed by atoms with Gasteiger partial charge >= 0.3 is 5.97 Å². The van der Waals surface area contributed by atoms with Crippen LogP contribution in [0.1, 0.15) is 31.9 Å². The molecule has 0 amide bonds. The number of carbonyl (C=O) groups is 1. The van der Waals surface area contributed by atoms with E-state index < -0.39 is 0 Å². The third-order valence-electron chi connectivity index (χ3n) is 2.12. The van der Waals surface area contributed by atoms with E-state index in [1.165, 1.54) is 6.92 Å². The fraction of sp³-hybridized carbons (Fsp3) is 0.308. The van der Waals surface area contributed by atoms with Gasteiger partial charge in [-0.15, -0.1) is 19.0 Å². The number of halogens is 1. The molecule has 0 aromatic heterocycles. The molecule has 1 aromatic rings. The van der Waals surface area contributed by atoms with Crippen LogP contribution in [0.2, 0.25) is 0 Å². The minimum absolute atomic E-state index is 0. The lowest BCUT2D eigenvalue weighted by molar-refractivity contribution is -0.131. The predicted octanol–water partition coefficient (Wildman–Crippen LogP) is 3.00. The van der Waals surface area contributed by atoms with Crippen molar-refractivity contribution in [1.82, 2.24) is 0 Å². The largest absolute Gasteiger partial charge is 0.427 e. The average molecular weight is 256 g/mol. The lowest BCUT2D eigenvalue weighted by Gasteiger charge is -2.12. The second-order valence-corrected chi connectivity index (χ2v) is 3.93. The van der Waals surface area contributed by atoms with Crippen molar-refractivity contribution in [3.8, 4) is 5.75 Å². The van der Waals surface area contributed by atoms with Crippen molar-refractivity contribution in [2.45, 2.75) is 26.3 Å². The van der Waals surface area contributed by atoms with Gasteiger partial charge in [0, 0.05) is 13.0 Å². The van der Waals surface area contributed by atoms with E-state index in [2.05, 4.69) is 6.58 Å². The Kier molecular flexibility index (Phi) is 6.54. The second kappa shape index (κ2) is 7.09. The van der Waals surface area contributed by atoms with Crippen LogP contribution < -0.4 is 10.5 Å². The van der Waals surface area contributed by atoms with Gasteiger partial charge in [-0.1, -0.05) is 17.7 Å². The number of hydrogen-bond donors (Lipinski definition) is 1. The number of benzene rings is 1. The van der Waals surface area contributed by atoms with E-state index in [1.54, 1.807) is 12.1 Å². The predicted molar refractivity (Wildman–Crippen MR) is 71.4 cm³/mol. The molecule has 2 N–H and O–H groups in total. The van der Waals surface area contributed by atoms with Gasteiger partial charge in [-0.05, 0) is 31.0 Å². The highest BCUT2D eigenvalue weighted by Gasteiger charge is 2.07. The summed E-state index contributed by atoms with van der Waals surface area (Å²) in [4.78, 5) is 10.8. The third kappa shape index (κ3) is 5.52. The SMILES string of the molecule is C=C(C)C[C@H](N)c1cccc(OC(C)=O)c1.Cl. The molecule has 0 heterocycles. The molecular weight excluding hydrogens is 238 g/mol. The average Bonchev–Trinajstić information content (AvgIpc) is 2.16. The second-order valence-electron chi connectivity index (χ2n) is 3.93. The Balaban J connectivity index is 0.00000256. The van der Waals surface area contributed by atoms with Gasteiger partial charge in [0.05, 0.1) is 0 Å². The molecule has 0 radical (unpaired) electrons. The molecule has 1 aromatic carbocycles. The van der Waals surface area contributed by atoms with Gasteiger partial charge in [0.25, 0.3) is 0 Å². The zero-order valence-corrected chi connectivity index (χ0v) is 10.9. The highest BCUT2D eigenvalue weighted by Crippen LogP contribution is 2.22. The first-order chi connectivity index (χ1) is 7.49. The Morgan fingerprint density at radius 3 is 2.65 bits per heavy atom. The first-order valence-corrected chi connectivity index (χ1v) is 5.17. The molecule has 0 aliphatic rings. The molecule has 4 heteroatoms. The quantitative estimate of drug-likeness (QED) is 0.511. The number of rotatable bonds is 4. The van der Waals surface area contributed by atoms with Gasteiger partial charge in [-0.3, -0.25) is 4.79 Å². The van der Waals surface area contributed by atoms with Crippen molar-refractivity contribution in [2.24, 2.45) is 5.73 Å².